The second kappa shape index (κ2) is 6.36. The minimum absolute atomic E-state index is 0.152. The molecule has 19 heavy (non-hydrogen) atoms. The van der Waals surface area contributed by atoms with Crippen molar-refractivity contribution in [2.24, 2.45) is 0 Å². The molecule has 1 rings (SSSR count). The maximum Gasteiger partial charge on any atom is 0.240 e. The number of sulfonamides is 1. The van der Waals surface area contributed by atoms with E-state index in [1.165, 1.54) is 6.07 Å². The quantitative estimate of drug-likeness (QED) is 0.687. The molecule has 0 radical (unpaired) electrons. The molecule has 0 saturated heterocycles. The molecule has 108 valence electrons. The minimum Gasteiger partial charge on any atom is -0.398 e. The maximum absolute atomic E-state index is 12.1. The molecular weight excluding hydrogens is 264 g/mol. The molecule has 1 aromatic carbocycles. The molecular formula is C13H22N2O3S. The number of aryl methyl sites for hydroxylation is 1. The summed E-state index contributed by atoms with van der Waals surface area (Å²) in [5, 5.41) is 9.25. The summed E-state index contributed by atoms with van der Waals surface area (Å²) < 4.78 is 26.8. The zero-order chi connectivity index (χ0) is 14.6. The lowest BCUT2D eigenvalue weighted by Crippen LogP contribution is -2.34. The molecule has 6 heteroatoms. The molecule has 0 heterocycles. The van der Waals surface area contributed by atoms with Gasteiger partial charge in [-0.3, -0.25) is 0 Å². The second-order valence-corrected chi connectivity index (χ2v) is 6.54. The fourth-order valence-corrected chi connectivity index (χ4v) is 3.25. The summed E-state index contributed by atoms with van der Waals surface area (Å²) in [5.74, 6) is 0. The first kappa shape index (κ1) is 15.9. The number of hydrogen-bond donors (Lipinski definition) is 3. The highest BCUT2D eigenvalue weighted by Gasteiger charge is 2.19. The van der Waals surface area contributed by atoms with E-state index in [0.717, 1.165) is 12.0 Å². The maximum atomic E-state index is 12.1. The summed E-state index contributed by atoms with van der Waals surface area (Å²) in [6, 6.07) is 4.41. The van der Waals surface area contributed by atoms with E-state index in [1.54, 1.807) is 26.0 Å². The predicted molar refractivity (Wildman–Crippen MR) is 76.3 cm³/mol. The van der Waals surface area contributed by atoms with Gasteiger partial charge in [0.05, 0.1) is 11.0 Å². The number of rotatable bonds is 6. The fourth-order valence-electron chi connectivity index (χ4n) is 1.95. The first-order chi connectivity index (χ1) is 8.76. The van der Waals surface area contributed by atoms with Gasteiger partial charge >= 0.3 is 0 Å². The van der Waals surface area contributed by atoms with E-state index in [9.17, 15) is 13.5 Å². The van der Waals surface area contributed by atoms with Crippen LogP contribution in [0.2, 0.25) is 0 Å². The summed E-state index contributed by atoms with van der Waals surface area (Å²) in [6.45, 7) is 5.30. The van der Waals surface area contributed by atoms with E-state index in [2.05, 4.69) is 4.72 Å². The van der Waals surface area contributed by atoms with Gasteiger partial charge in [-0.1, -0.05) is 13.0 Å². The van der Waals surface area contributed by atoms with E-state index in [1.807, 2.05) is 6.92 Å². The van der Waals surface area contributed by atoms with Gasteiger partial charge in [0.1, 0.15) is 0 Å². The molecule has 2 atom stereocenters. The average Bonchev–Trinajstić information content (AvgIpc) is 2.26. The Morgan fingerprint density at radius 2 is 2.00 bits per heavy atom. The number of anilines is 1. The van der Waals surface area contributed by atoms with Crippen molar-refractivity contribution in [1.29, 1.82) is 0 Å². The molecule has 1 aromatic rings. The van der Waals surface area contributed by atoms with E-state index >= 15 is 0 Å². The Morgan fingerprint density at radius 1 is 1.37 bits per heavy atom. The molecule has 0 aromatic heterocycles. The summed E-state index contributed by atoms with van der Waals surface area (Å²) >= 11 is 0. The van der Waals surface area contributed by atoms with Crippen LogP contribution in [0.4, 0.5) is 5.69 Å². The third-order valence-corrected chi connectivity index (χ3v) is 4.45. The minimum atomic E-state index is -3.59. The zero-order valence-electron chi connectivity index (χ0n) is 11.6. The lowest BCUT2D eigenvalue weighted by Gasteiger charge is -2.16. The Kier molecular flexibility index (Phi) is 5.34. The Morgan fingerprint density at radius 3 is 2.47 bits per heavy atom. The normalized spacial score (nSPS) is 15.2. The van der Waals surface area contributed by atoms with Gasteiger partial charge in [-0.2, -0.15) is 0 Å². The topological polar surface area (TPSA) is 92.4 Å². The average molecular weight is 286 g/mol. The Balaban J connectivity index is 2.91. The largest absolute Gasteiger partial charge is 0.398 e. The van der Waals surface area contributed by atoms with Gasteiger partial charge in [0.25, 0.3) is 0 Å². The van der Waals surface area contributed by atoms with Crippen LogP contribution in [0.3, 0.4) is 0 Å². The zero-order valence-corrected chi connectivity index (χ0v) is 12.4. The van der Waals surface area contributed by atoms with Gasteiger partial charge < -0.3 is 10.8 Å². The van der Waals surface area contributed by atoms with Crippen LogP contribution in [-0.2, 0) is 16.4 Å². The van der Waals surface area contributed by atoms with Gasteiger partial charge in [0.15, 0.2) is 0 Å². The van der Waals surface area contributed by atoms with Crippen molar-refractivity contribution >= 4 is 15.7 Å². The molecule has 5 nitrogen and oxygen atoms in total. The summed E-state index contributed by atoms with van der Waals surface area (Å²) in [4.78, 5) is 0.152. The number of hydrogen-bond acceptors (Lipinski definition) is 4. The van der Waals surface area contributed by atoms with Crippen molar-refractivity contribution in [1.82, 2.24) is 4.72 Å². The highest BCUT2D eigenvalue weighted by Crippen LogP contribution is 2.19. The van der Waals surface area contributed by atoms with Crippen LogP contribution in [0.1, 0.15) is 32.8 Å². The second-order valence-electron chi connectivity index (χ2n) is 4.82. The third-order valence-electron chi connectivity index (χ3n) is 2.86. The number of nitrogens with one attached hydrogen (secondary N) is 1. The van der Waals surface area contributed by atoms with Crippen LogP contribution in [0.5, 0.6) is 0 Å². The van der Waals surface area contributed by atoms with Crippen molar-refractivity contribution in [3.05, 3.63) is 23.8 Å². The van der Waals surface area contributed by atoms with E-state index < -0.39 is 16.1 Å². The van der Waals surface area contributed by atoms with Crippen LogP contribution in [0.25, 0.3) is 0 Å². The molecule has 0 amide bonds. The number of benzene rings is 1. The smallest absolute Gasteiger partial charge is 0.240 e. The predicted octanol–water partition coefficient (Wildman–Crippen LogP) is 1.27. The lowest BCUT2D eigenvalue weighted by atomic mass is 10.1. The first-order valence-corrected chi connectivity index (χ1v) is 7.83. The SMILES string of the molecule is CCc1ccc(S(=O)(=O)NC(C)CC(C)O)cc1N. The third kappa shape index (κ3) is 4.49. The number of nitrogen functional groups attached to an aromatic ring is 1. The molecule has 0 spiro atoms. The Labute approximate surface area is 114 Å². The highest BCUT2D eigenvalue weighted by molar-refractivity contribution is 7.89. The van der Waals surface area contributed by atoms with Crippen LogP contribution < -0.4 is 10.5 Å². The highest BCUT2D eigenvalue weighted by atomic mass is 32.2. The summed E-state index contributed by atoms with van der Waals surface area (Å²) in [5.41, 5.74) is 7.21. The van der Waals surface area contributed by atoms with E-state index in [-0.39, 0.29) is 10.9 Å². The van der Waals surface area contributed by atoms with Gasteiger partial charge in [0.2, 0.25) is 10.0 Å². The van der Waals surface area contributed by atoms with Gasteiger partial charge in [-0.25, -0.2) is 13.1 Å². The molecule has 0 aliphatic carbocycles. The molecule has 0 aliphatic rings. The van der Waals surface area contributed by atoms with Crippen LogP contribution in [0.15, 0.2) is 23.1 Å². The van der Waals surface area contributed by atoms with Crippen molar-refractivity contribution in [3.63, 3.8) is 0 Å². The van der Waals surface area contributed by atoms with Crippen LogP contribution in [0, 0.1) is 0 Å². The number of aliphatic hydroxyl groups excluding tert-OH is 1. The fraction of sp³-hybridized carbons (Fsp3) is 0.538. The molecule has 0 bridgehead atoms. The summed E-state index contributed by atoms with van der Waals surface area (Å²) in [7, 11) is -3.59. The Hall–Kier alpha value is -1.11. The van der Waals surface area contributed by atoms with Crippen LogP contribution >= 0.6 is 0 Å². The standard InChI is InChI=1S/C13H22N2O3S/c1-4-11-5-6-12(8-13(11)14)19(17,18)15-9(2)7-10(3)16/h5-6,8-10,15-16H,4,7,14H2,1-3H3. The summed E-state index contributed by atoms with van der Waals surface area (Å²) in [6.07, 6.45) is 0.574. The van der Waals surface area contributed by atoms with Crippen molar-refractivity contribution in [2.75, 3.05) is 5.73 Å². The first-order valence-electron chi connectivity index (χ1n) is 6.35. The van der Waals surface area contributed by atoms with Gasteiger partial charge in [-0.05, 0) is 44.4 Å². The molecule has 0 aliphatic heterocycles. The molecule has 2 unspecified atom stereocenters. The molecule has 4 N–H and O–H groups in total. The lowest BCUT2D eigenvalue weighted by molar-refractivity contribution is 0.175. The van der Waals surface area contributed by atoms with Crippen LogP contribution in [-0.4, -0.2) is 25.7 Å². The van der Waals surface area contributed by atoms with Crippen molar-refractivity contribution < 1.29 is 13.5 Å². The molecule has 0 saturated carbocycles. The van der Waals surface area contributed by atoms with Gasteiger partial charge in [-0.15, -0.1) is 0 Å². The number of nitrogens with two attached hydrogens (primary N) is 1. The van der Waals surface area contributed by atoms with Crippen molar-refractivity contribution in [3.8, 4) is 0 Å². The molecule has 0 fully saturated rings. The monoisotopic (exact) mass is 286 g/mol. The Bertz CT molecular complexity index is 527. The van der Waals surface area contributed by atoms with Crippen molar-refractivity contribution in [2.45, 2.75) is 50.7 Å². The van der Waals surface area contributed by atoms with Gasteiger partial charge in [0, 0.05) is 11.7 Å². The van der Waals surface area contributed by atoms with E-state index in [0.29, 0.717) is 12.1 Å². The number of aliphatic hydroxyl groups is 1. The van der Waals surface area contributed by atoms with E-state index in [4.69, 9.17) is 5.73 Å².